The minimum Gasteiger partial charge on any atom is -0.103 e. The van der Waals surface area contributed by atoms with Gasteiger partial charge in [-0.05, 0) is 31.4 Å². The highest BCUT2D eigenvalue weighted by Gasteiger charge is 2.26. The molecule has 0 N–H and O–H groups in total. The van der Waals surface area contributed by atoms with Crippen molar-refractivity contribution >= 4 is 0 Å². The Morgan fingerprint density at radius 1 is 1.00 bits per heavy atom. The maximum absolute atomic E-state index is 3.94. The number of benzene rings is 1. The van der Waals surface area contributed by atoms with Crippen molar-refractivity contribution < 1.29 is 0 Å². The molecular weight excluding hydrogens is 228 g/mol. The van der Waals surface area contributed by atoms with E-state index in [0.717, 1.165) is 12.0 Å². The average Bonchev–Trinajstić information content (AvgIpc) is 2.42. The average molecular weight is 252 g/mol. The Balaban J connectivity index is 2.18. The van der Waals surface area contributed by atoms with Crippen molar-refractivity contribution in [3.8, 4) is 11.8 Å². The lowest BCUT2D eigenvalue weighted by atomic mass is 9.74. The van der Waals surface area contributed by atoms with Crippen LogP contribution in [0.5, 0.6) is 0 Å². The van der Waals surface area contributed by atoms with E-state index in [1.165, 1.54) is 44.9 Å². The molecule has 0 atom stereocenters. The molecule has 1 aromatic carbocycles. The van der Waals surface area contributed by atoms with E-state index in [2.05, 4.69) is 48.8 Å². The van der Waals surface area contributed by atoms with E-state index in [1.807, 2.05) is 6.07 Å². The Bertz CT molecular complexity index is 436. The predicted molar refractivity (Wildman–Crippen MR) is 82.9 cm³/mol. The summed E-state index contributed by atoms with van der Waals surface area (Å²) in [5, 5.41) is 0. The molecule has 0 spiro atoms. The molecule has 1 fully saturated rings. The molecule has 0 nitrogen and oxygen atoms in total. The van der Waals surface area contributed by atoms with Crippen LogP contribution in [-0.2, 0) is 0 Å². The second-order valence-corrected chi connectivity index (χ2v) is 5.66. The summed E-state index contributed by atoms with van der Waals surface area (Å²) in [7, 11) is 0. The largest absolute Gasteiger partial charge is 0.103 e. The molecule has 1 saturated carbocycles. The van der Waals surface area contributed by atoms with Gasteiger partial charge in [0.05, 0.1) is 0 Å². The fourth-order valence-corrected chi connectivity index (χ4v) is 2.96. The third-order valence-electron chi connectivity index (χ3n) is 4.09. The predicted octanol–water partition coefficient (Wildman–Crippen LogP) is 5.34. The third kappa shape index (κ3) is 4.28. The highest BCUT2D eigenvalue weighted by Crippen LogP contribution is 2.37. The van der Waals surface area contributed by atoms with E-state index < -0.39 is 0 Å². The Morgan fingerprint density at radius 2 is 1.63 bits per heavy atom. The first-order valence-electron chi connectivity index (χ1n) is 7.54. The molecule has 0 heterocycles. The van der Waals surface area contributed by atoms with E-state index in [-0.39, 0.29) is 5.41 Å². The lowest BCUT2D eigenvalue weighted by molar-refractivity contribution is 0.296. The van der Waals surface area contributed by atoms with Gasteiger partial charge in [0.25, 0.3) is 0 Å². The smallest absolute Gasteiger partial charge is 0.0352 e. The zero-order chi connectivity index (χ0) is 13.4. The van der Waals surface area contributed by atoms with Gasteiger partial charge < -0.3 is 0 Å². The minimum atomic E-state index is 0.179. The summed E-state index contributed by atoms with van der Waals surface area (Å²) >= 11 is 0. The summed E-state index contributed by atoms with van der Waals surface area (Å²) in [6.45, 7) is 3.94. The van der Waals surface area contributed by atoms with E-state index in [9.17, 15) is 0 Å². The lowest BCUT2D eigenvalue weighted by Gasteiger charge is -2.29. The molecule has 0 saturated heterocycles. The van der Waals surface area contributed by atoms with Crippen LogP contribution in [0.15, 0.2) is 43.0 Å². The molecule has 0 aliphatic heterocycles. The van der Waals surface area contributed by atoms with Crippen LogP contribution in [0.3, 0.4) is 0 Å². The zero-order valence-corrected chi connectivity index (χ0v) is 11.8. The fourth-order valence-electron chi connectivity index (χ4n) is 2.96. The van der Waals surface area contributed by atoms with Crippen molar-refractivity contribution in [2.45, 2.75) is 51.4 Å². The molecule has 0 amide bonds. The summed E-state index contributed by atoms with van der Waals surface area (Å²) < 4.78 is 0. The van der Waals surface area contributed by atoms with Crippen LogP contribution in [0.25, 0.3) is 0 Å². The van der Waals surface area contributed by atoms with E-state index in [0.29, 0.717) is 0 Å². The molecule has 19 heavy (non-hydrogen) atoms. The van der Waals surface area contributed by atoms with E-state index in [1.54, 1.807) is 0 Å². The van der Waals surface area contributed by atoms with Crippen LogP contribution in [0, 0.1) is 17.3 Å². The van der Waals surface area contributed by atoms with Crippen LogP contribution in [0.2, 0.25) is 0 Å². The number of hydrogen-bond acceptors (Lipinski definition) is 0. The molecule has 100 valence electrons. The van der Waals surface area contributed by atoms with Gasteiger partial charge in [0, 0.05) is 11.0 Å². The van der Waals surface area contributed by atoms with Gasteiger partial charge in [-0.3, -0.25) is 0 Å². The zero-order valence-electron chi connectivity index (χ0n) is 11.8. The minimum absolute atomic E-state index is 0.179. The Morgan fingerprint density at radius 3 is 2.26 bits per heavy atom. The molecule has 0 heteroatoms. The van der Waals surface area contributed by atoms with Gasteiger partial charge in [0.15, 0.2) is 0 Å². The first-order chi connectivity index (χ1) is 9.35. The van der Waals surface area contributed by atoms with Gasteiger partial charge in [-0.1, -0.05) is 68.2 Å². The van der Waals surface area contributed by atoms with Crippen molar-refractivity contribution in [1.29, 1.82) is 0 Å². The second kappa shape index (κ2) is 7.19. The SMILES string of the molecule is C=CCC1(C#Cc2ccccc2)CCCCCCC1. The molecule has 0 bridgehead atoms. The van der Waals surface area contributed by atoms with Crippen molar-refractivity contribution in [3.63, 3.8) is 0 Å². The molecule has 0 aromatic heterocycles. The Kier molecular flexibility index (Phi) is 5.28. The van der Waals surface area contributed by atoms with Gasteiger partial charge in [0.2, 0.25) is 0 Å². The summed E-state index contributed by atoms with van der Waals surface area (Å²) in [5.41, 5.74) is 1.31. The van der Waals surface area contributed by atoms with E-state index >= 15 is 0 Å². The van der Waals surface area contributed by atoms with Gasteiger partial charge in [-0.25, -0.2) is 0 Å². The molecule has 1 aliphatic rings. The number of hydrogen-bond donors (Lipinski definition) is 0. The van der Waals surface area contributed by atoms with Crippen LogP contribution in [-0.4, -0.2) is 0 Å². The van der Waals surface area contributed by atoms with Crippen LogP contribution >= 0.6 is 0 Å². The maximum Gasteiger partial charge on any atom is 0.0352 e. The van der Waals surface area contributed by atoms with Gasteiger partial charge in [-0.2, -0.15) is 0 Å². The highest BCUT2D eigenvalue weighted by atomic mass is 14.3. The number of rotatable bonds is 2. The van der Waals surface area contributed by atoms with Gasteiger partial charge in [0.1, 0.15) is 0 Å². The fraction of sp³-hybridized carbons (Fsp3) is 0.474. The molecular formula is C19H24. The lowest BCUT2D eigenvalue weighted by Crippen LogP contribution is -2.19. The first kappa shape index (κ1) is 13.9. The van der Waals surface area contributed by atoms with Crippen molar-refractivity contribution in [1.82, 2.24) is 0 Å². The van der Waals surface area contributed by atoms with Crippen molar-refractivity contribution in [2.24, 2.45) is 5.41 Å². The molecule has 0 unspecified atom stereocenters. The van der Waals surface area contributed by atoms with Gasteiger partial charge >= 0.3 is 0 Å². The first-order valence-corrected chi connectivity index (χ1v) is 7.54. The van der Waals surface area contributed by atoms with Crippen LogP contribution < -0.4 is 0 Å². The van der Waals surface area contributed by atoms with Crippen molar-refractivity contribution in [2.75, 3.05) is 0 Å². The summed E-state index contributed by atoms with van der Waals surface area (Å²) in [5.74, 6) is 6.99. The van der Waals surface area contributed by atoms with E-state index in [4.69, 9.17) is 0 Å². The van der Waals surface area contributed by atoms with Crippen LogP contribution in [0.4, 0.5) is 0 Å². The Labute approximate surface area is 117 Å². The monoisotopic (exact) mass is 252 g/mol. The molecule has 1 aliphatic carbocycles. The Hall–Kier alpha value is -1.48. The number of allylic oxidation sites excluding steroid dienone is 1. The molecule has 2 rings (SSSR count). The third-order valence-corrected chi connectivity index (χ3v) is 4.09. The van der Waals surface area contributed by atoms with Gasteiger partial charge in [-0.15, -0.1) is 6.58 Å². The van der Waals surface area contributed by atoms with Crippen LogP contribution in [0.1, 0.15) is 56.9 Å². The molecule has 1 aromatic rings. The second-order valence-electron chi connectivity index (χ2n) is 5.66. The summed E-state index contributed by atoms with van der Waals surface area (Å²) in [6.07, 6.45) is 12.3. The standard InChI is InChI=1S/C19H24/c1-2-14-19(15-9-4-3-5-10-16-19)17-13-18-11-7-6-8-12-18/h2,6-8,11-12H,1,3-5,9-10,14-16H2. The quantitative estimate of drug-likeness (QED) is 0.492. The van der Waals surface area contributed by atoms with Crippen molar-refractivity contribution in [3.05, 3.63) is 48.6 Å². The highest BCUT2D eigenvalue weighted by molar-refractivity contribution is 5.35. The normalized spacial score (nSPS) is 18.5. The maximum atomic E-state index is 3.94. The summed E-state index contributed by atoms with van der Waals surface area (Å²) in [4.78, 5) is 0. The topological polar surface area (TPSA) is 0 Å². The molecule has 0 radical (unpaired) electrons. The summed E-state index contributed by atoms with van der Waals surface area (Å²) in [6, 6.07) is 10.3.